The van der Waals surface area contributed by atoms with E-state index in [0.29, 0.717) is 10.6 Å². The lowest BCUT2D eigenvalue weighted by Crippen LogP contribution is -2.00. The number of rotatable bonds is 2. The fraction of sp³-hybridized carbons (Fsp3) is 0. The van der Waals surface area contributed by atoms with Crippen LogP contribution in [0.4, 0.5) is 0 Å². The minimum absolute atomic E-state index is 0.297. The molecule has 3 rings (SSSR count). The van der Waals surface area contributed by atoms with E-state index < -0.39 is 5.97 Å². The Hall–Kier alpha value is -2.32. The van der Waals surface area contributed by atoms with Crippen LogP contribution in [0.2, 0.25) is 5.02 Å². The second-order valence-corrected chi connectivity index (χ2v) is 4.96. The third-order valence-electron chi connectivity index (χ3n) is 3.29. The van der Waals surface area contributed by atoms with Crippen LogP contribution in [0.3, 0.4) is 0 Å². The molecule has 0 bridgehead atoms. The fourth-order valence-corrected chi connectivity index (χ4v) is 2.50. The van der Waals surface area contributed by atoms with Crippen LogP contribution >= 0.6 is 11.6 Å². The highest BCUT2D eigenvalue weighted by atomic mass is 35.5. The molecule has 0 unspecified atom stereocenters. The van der Waals surface area contributed by atoms with Crippen LogP contribution in [0.25, 0.3) is 21.9 Å². The second-order valence-electron chi connectivity index (χ2n) is 4.52. The molecule has 20 heavy (non-hydrogen) atoms. The van der Waals surface area contributed by atoms with Crippen LogP contribution in [-0.2, 0) is 0 Å². The number of carbonyl (C=O) groups is 1. The Morgan fingerprint density at radius 2 is 1.60 bits per heavy atom. The van der Waals surface area contributed by atoms with Crippen molar-refractivity contribution in [1.29, 1.82) is 0 Å². The Kier molecular flexibility index (Phi) is 3.17. The normalized spacial score (nSPS) is 10.7. The van der Waals surface area contributed by atoms with Crippen LogP contribution in [-0.4, -0.2) is 11.1 Å². The van der Waals surface area contributed by atoms with E-state index >= 15 is 0 Å². The molecule has 0 amide bonds. The highest BCUT2D eigenvalue weighted by Crippen LogP contribution is 2.32. The first kappa shape index (κ1) is 12.7. The summed E-state index contributed by atoms with van der Waals surface area (Å²) in [6.07, 6.45) is 0. The number of halogens is 1. The zero-order valence-electron chi connectivity index (χ0n) is 10.5. The molecule has 0 aliphatic heterocycles. The molecule has 0 atom stereocenters. The monoisotopic (exact) mass is 282 g/mol. The Morgan fingerprint density at radius 3 is 2.30 bits per heavy atom. The van der Waals surface area contributed by atoms with Crippen LogP contribution in [0, 0.1) is 0 Å². The van der Waals surface area contributed by atoms with Crippen molar-refractivity contribution in [2.45, 2.75) is 0 Å². The first-order valence-corrected chi connectivity index (χ1v) is 6.55. The van der Waals surface area contributed by atoms with Gasteiger partial charge in [-0.05, 0) is 34.5 Å². The predicted octanol–water partition coefficient (Wildman–Crippen LogP) is 4.86. The zero-order valence-corrected chi connectivity index (χ0v) is 11.3. The lowest BCUT2D eigenvalue weighted by Gasteiger charge is -2.11. The average molecular weight is 283 g/mol. The Balaban J connectivity index is 2.38. The van der Waals surface area contributed by atoms with Gasteiger partial charge in [-0.25, -0.2) is 4.79 Å². The summed E-state index contributed by atoms with van der Waals surface area (Å²) >= 11 is 5.90. The van der Waals surface area contributed by atoms with E-state index in [-0.39, 0.29) is 0 Å². The predicted molar refractivity (Wildman–Crippen MR) is 81.4 cm³/mol. The van der Waals surface area contributed by atoms with Crippen molar-refractivity contribution in [3.8, 4) is 11.1 Å². The number of aromatic carboxylic acids is 1. The summed E-state index contributed by atoms with van der Waals surface area (Å²) in [4.78, 5) is 11.5. The number of fused-ring (bicyclic) bond motifs is 1. The van der Waals surface area contributed by atoms with Gasteiger partial charge >= 0.3 is 5.97 Å². The smallest absolute Gasteiger partial charge is 0.336 e. The van der Waals surface area contributed by atoms with Crippen LogP contribution in [0.5, 0.6) is 0 Å². The lowest BCUT2D eigenvalue weighted by molar-refractivity contribution is 0.0698. The van der Waals surface area contributed by atoms with Crippen LogP contribution in [0.1, 0.15) is 10.4 Å². The molecule has 0 spiro atoms. The third kappa shape index (κ3) is 2.15. The summed E-state index contributed by atoms with van der Waals surface area (Å²) in [7, 11) is 0. The molecule has 0 radical (unpaired) electrons. The Labute approximate surface area is 121 Å². The first-order valence-electron chi connectivity index (χ1n) is 6.18. The maximum Gasteiger partial charge on any atom is 0.336 e. The van der Waals surface area contributed by atoms with E-state index in [0.717, 1.165) is 21.9 Å². The van der Waals surface area contributed by atoms with Gasteiger partial charge < -0.3 is 5.11 Å². The van der Waals surface area contributed by atoms with Gasteiger partial charge in [0.25, 0.3) is 0 Å². The van der Waals surface area contributed by atoms with E-state index in [9.17, 15) is 9.90 Å². The van der Waals surface area contributed by atoms with Crippen molar-refractivity contribution in [2.75, 3.05) is 0 Å². The number of hydrogen-bond donors (Lipinski definition) is 1. The maximum absolute atomic E-state index is 11.5. The van der Waals surface area contributed by atoms with Gasteiger partial charge in [0.15, 0.2) is 0 Å². The topological polar surface area (TPSA) is 37.3 Å². The first-order chi connectivity index (χ1) is 9.66. The Bertz CT molecular complexity index is 792. The molecule has 0 heterocycles. The van der Waals surface area contributed by atoms with Gasteiger partial charge in [-0.1, -0.05) is 54.1 Å². The SMILES string of the molecule is O=C(O)c1ccc2ccccc2c1-c1ccc(Cl)cc1. The summed E-state index contributed by atoms with van der Waals surface area (Å²) < 4.78 is 0. The van der Waals surface area contributed by atoms with Gasteiger partial charge in [-0.2, -0.15) is 0 Å². The van der Waals surface area contributed by atoms with Gasteiger partial charge in [0.05, 0.1) is 5.56 Å². The summed E-state index contributed by atoms with van der Waals surface area (Å²) in [5.74, 6) is -0.930. The second kappa shape index (κ2) is 4.99. The van der Waals surface area contributed by atoms with E-state index in [1.807, 2.05) is 42.5 Å². The van der Waals surface area contributed by atoms with Crippen molar-refractivity contribution in [3.05, 3.63) is 71.2 Å². The summed E-state index contributed by atoms with van der Waals surface area (Å²) in [6.45, 7) is 0. The zero-order chi connectivity index (χ0) is 14.1. The number of carboxylic acids is 1. The lowest BCUT2D eigenvalue weighted by atomic mass is 9.93. The van der Waals surface area contributed by atoms with Gasteiger partial charge in [0.2, 0.25) is 0 Å². The number of carboxylic acid groups (broad SMARTS) is 1. The molecular formula is C17H11ClO2. The molecule has 3 heteroatoms. The molecule has 2 nitrogen and oxygen atoms in total. The van der Waals surface area contributed by atoms with Crippen molar-refractivity contribution in [2.24, 2.45) is 0 Å². The molecule has 0 fully saturated rings. The van der Waals surface area contributed by atoms with Crippen LogP contribution in [0.15, 0.2) is 60.7 Å². The van der Waals surface area contributed by atoms with Crippen molar-refractivity contribution < 1.29 is 9.90 Å². The molecular weight excluding hydrogens is 272 g/mol. The molecule has 0 aliphatic carbocycles. The number of hydrogen-bond acceptors (Lipinski definition) is 1. The molecule has 0 aromatic heterocycles. The molecule has 3 aromatic rings. The average Bonchev–Trinajstić information content (AvgIpc) is 2.47. The minimum Gasteiger partial charge on any atom is -0.478 e. The van der Waals surface area contributed by atoms with Gasteiger partial charge in [-0.15, -0.1) is 0 Å². The summed E-state index contributed by atoms with van der Waals surface area (Å²) in [6, 6.07) is 18.5. The summed E-state index contributed by atoms with van der Waals surface area (Å²) in [5.41, 5.74) is 1.88. The van der Waals surface area contributed by atoms with E-state index in [1.165, 1.54) is 0 Å². The van der Waals surface area contributed by atoms with E-state index in [2.05, 4.69) is 0 Å². The highest BCUT2D eigenvalue weighted by molar-refractivity contribution is 6.30. The minimum atomic E-state index is -0.930. The van der Waals surface area contributed by atoms with Gasteiger partial charge in [-0.3, -0.25) is 0 Å². The molecule has 1 N–H and O–H groups in total. The largest absolute Gasteiger partial charge is 0.478 e. The third-order valence-corrected chi connectivity index (χ3v) is 3.54. The maximum atomic E-state index is 11.5. The van der Waals surface area contributed by atoms with Crippen molar-refractivity contribution in [1.82, 2.24) is 0 Å². The summed E-state index contributed by atoms with van der Waals surface area (Å²) in [5, 5.41) is 12.0. The standard InChI is InChI=1S/C17H11ClO2/c18-13-8-5-12(6-9-13)16-14-4-2-1-3-11(14)7-10-15(16)17(19)20/h1-10H,(H,19,20). The van der Waals surface area contributed by atoms with Crippen LogP contribution < -0.4 is 0 Å². The van der Waals surface area contributed by atoms with Gasteiger partial charge in [0, 0.05) is 10.6 Å². The van der Waals surface area contributed by atoms with Crippen molar-refractivity contribution in [3.63, 3.8) is 0 Å². The molecule has 3 aromatic carbocycles. The Morgan fingerprint density at radius 1 is 0.900 bits per heavy atom. The van der Waals surface area contributed by atoms with E-state index in [4.69, 9.17) is 11.6 Å². The molecule has 0 saturated heterocycles. The quantitative estimate of drug-likeness (QED) is 0.729. The molecule has 98 valence electrons. The number of benzene rings is 3. The van der Waals surface area contributed by atoms with Gasteiger partial charge in [0.1, 0.15) is 0 Å². The fourth-order valence-electron chi connectivity index (χ4n) is 2.38. The highest BCUT2D eigenvalue weighted by Gasteiger charge is 2.14. The molecule has 0 saturated carbocycles. The molecule has 0 aliphatic rings. The van der Waals surface area contributed by atoms with E-state index in [1.54, 1.807) is 18.2 Å². The van der Waals surface area contributed by atoms with Crippen molar-refractivity contribution >= 4 is 28.3 Å².